The van der Waals surface area contributed by atoms with Crippen molar-refractivity contribution >= 4 is 11.8 Å². The number of aromatic hydroxyl groups is 2. The highest BCUT2D eigenvalue weighted by atomic mass is 16.3. The molecule has 6 nitrogen and oxygen atoms in total. The zero-order valence-corrected chi connectivity index (χ0v) is 15.2. The fraction of sp³-hybridized carbons (Fsp3) is 0.300. The molecule has 3 N–H and O–H groups in total. The van der Waals surface area contributed by atoms with Gasteiger partial charge in [0.2, 0.25) is 0 Å². The van der Waals surface area contributed by atoms with Crippen LogP contribution in [-0.4, -0.2) is 47.1 Å². The fourth-order valence-electron chi connectivity index (χ4n) is 2.53. The van der Waals surface area contributed by atoms with Crippen LogP contribution >= 0.6 is 0 Å². The zero-order chi connectivity index (χ0) is 19.3. The molecule has 0 saturated carbocycles. The van der Waals surface area contributed by atoms with E-state index < -0.39 is 0 Å². The molecule has 6 heteroatoms. The first-order chi connectivity index (χ1) is 12.3. The largest absolute Gasteiger partial charge is 0.508 e. The number of benzene rings is 2. The van der Waals surface area contributed by atoms with E-state index in [1.807, 2.05) is 0 Å². The first-order valence-electron chi connectivity index (χ1n) is 8.42. The van der Waals surface area contributed by atoms with Gasteiger partial charge in [0.05, 0.1) is 0 Å². The lowest BCUT2D eigenvalue weighted by atomic mass is 10.1. The Labute approximate surface area is 153 Å². The van der Waals surface area contributed by atoms with Crippen molar-refractivity contribution in [3.05, 3.63) is 58.7 Å². The van der Waals surface area contributed by atoms with Gasteiger partial charge >= 0.3 is 0 Å². The number of carbonyl (C=O) groups excluding carboxylic acids is 2. The van der Waals surface area contributed by atoms with Crippen molar-refractivity contribution in [3.8, 4) is 11.5 Å². The highest BCUT2D eigenvalue weighted by Crippen LogP contribution is 2.18. The third kappa shape index (κ3) is 4.75. The Morgan fingerprint density at radius 3 is 2.08 bits per heavy atom. The van der Waals surface area contributed by atoms with Crippen LogP contribution in [0.4, 0.5) is 0 Å². The van der Waals surface area contributed by atoms with Gasteiger partial charge in [-0.05, 0) is 67.8 Å². The molecule has 0 saturated heterocycles. The van der Waals surface area contributed by atoms with Gasteiger partial charge < -0.3 is 20.4 Å². The molecular formula is C20H24N2O4. The van der Waals surface area contributed by atoms with Gasteiger partial charge in [-0.3, -0.25) is 9.59 Å². The van der Waals surface area contributed by atoms with Gasteiger partial charge in [0.15, 0.2) is 0 Å². The Balaban J connectivity index is 1.81. The summed E-state index contributed by atoms with van der Waals surface area (Å²) in [6.45, 7) is 4.41. The molecule has 0 unspecified atom stereocenters. The molecule has 0 aliphatic carbocycles. The Kier molecular flexibility index (Phi) is 6.22. The lowest BCUT2D eigenvalue weighted by Gasteiger charge is -2.18. The normalized spacial score (nSPS) is 10.4. The van der Waals surface area contributed by atoms with Crippen LogP contribution in [0.25, 0.3) is 0 Å². The molecule has 0 bridgehead atoms. The molecule has 0 aliphatic heterocycles. The van der Waals surface area contributed by atoms with Crippen LogP contribution in [0.5, 0.6) is 11.5 Å². The second kappa shape index (κ2) is 8.38. The van der Waals surface area contributed by atoms with E-state index in [0.29, 0.717) is 41.8 Å². The first kappa shape index (κ1) is 19.3. The van der Waals surface area contributed by atoms with Gasteiger partial charge in [0, 0.05) is 31.3 Å². The minimum atomic E-state index is -0.212. The van der Waals surface area contributed by atoms with Crippen LogP contribution in [0.2, 0.25) is 0 Å². The molecule has 2 rings (SSSR count). The number of aryl methyl sites for hydroxylation is 2. The summed E-state index contributed by atoms with van der Waals surface area (Å²) in [6.07, 6.45) is 0.613. The molecule has 0 aromatic heterocycles. The monoisotopic (exact) mass is 356 g/mol. The van der Waals surface area contributed by atoms with E-state index in [4.69, 9.17) is 0 Å². The molecule has 2 amide bonds. The smallest absolute Gasteiger partial charge is 0.253 e. The Hall–Kier alpha value is -3.02. The fourth-order valence-corrected chi connectivity index (χ4v) is 2.53. The summed E-state index contributed by atoms with van der Waals surface area (Å²) < 4.78 is 0. The van der Waals surface area contributed by atoms with Crippen molar-refractivity contribution in [2.24, 2.45) is 0 Å². The van der Waals surface area contributed by atoms with Gasteiger partial charge in [-0.15, -0.1) is 0 Å². The summed E-state index contributed by atoms with van der Waals surface area (Å²) >= 11 is 0. The van der Waals surface area contributed by atoms with Crippen molar-refractivity contribution in [3.63, 3.8) is 0 Å². The predicted molar refractivity (Wildman–Crippen MR) is 99.6 cm³/mol. The van der Waals surface area contributed by atoms with E-state index >= 15 is 0 Å². The summed E-state index contributed by atoms with van der Waals surface area (Å²) in [5, 5.41) is 21.8. The summed E-state index contributed by atoms with van der Waals surface area (Å²) in [5.41, 5.74) is 2.31. The number of hydrogen-bond acceptors (Lipinski definition) is 4. The Bertz CT molecular complexity index is 817. The average molecular weight is 356 g/mol. The van der Waals surface area contributed by atoms with E-state index in [1.165, 1.54) is 12.1 Å². The van der Waals surface area contributed by atoms with E-state index in [0.717, 1.165) is 0 Å². The summed E-state index contributed by atoms with van der Waals surface area (Å²) in [6, 6.07) is 9.46. The minimum Gasteiger partial charge on any atom is -0.508 e. The molecule has 26 heavy (non-hydrogen) atoms. The van der Waals surface area contributed by atoms with Crippen molar-refractivity contribution < 1.29 is 19.8 Å². The number of nitrogens with zero attached hydrogens (tertiary/aromatic N) is 1. The standard InChI is InChI=1S/C20H24N2O4/c1-13-11-15(5-7-17(13)23)19(25)21-9-4-10-22(3)20(26)16-6-8-18(24)14(2)12-16/h5-8,11-12,23-24H,4,9-10H2,1-3H3,(H,21,25). The number of phenols is 2. The molecular weight excluding hydrogens is 332 g/mol. The number of phenolic OH excluding ortho intramolecular Hbond substituents is 2. The SMILES string of the molecule is Cc1cc(C(=O)NCCCN(C)C(=O)c2ccc(O)c(C)c2)ccc1O. The van der Waals surface area contributed by atoms with Gasteiger partial charge in [0.25, 0.3) is 11.8 Å². The summed E-state index contributed by atoms with van der Waals surface area (Å²) in [7, 11) is 1.70. The lowest BCUT2D eigenvalue weighted by molar-refractivity contribution is 0.0793. The maximum atomic E-state index is 12.4. The van der Waals surface area contributed by atoms with Crippen LogP contribution in [0.15, 0.2) is 36.4 Å². The van der Waals surface area contributed by atoms with Crippen molar-refractivity contribution in [2.45, 2.75) is 20.3 Å². The van der Waals surface area contributed by atoms with Crippen LogP contribution in [-0.2, 0) is 0 Å². The zero-order valence-electron chi connectivity index (χ0n) is 15.2. The van der Waals surface area contributed by atoms with E-state index in [2.05, 4.69) is 5.32 Å². The van der Waals surface area contributed by atoms with E-state index in [-0.39, 0.29) is 23.3 Å². The lowest BCUT2D eigenvalue weighted by Crippen LogP contribution is -2.31. The summed E-state index contributed by atoms with van der Waals surface area (Å²) in [4.78, 5) is 26.0. The van der Waals surface area contributed by atoms with Gasteiger partial charge in [-0.2, -0.15) is 0 Å². The molecule has 0 spiro atoms. The number of nitrogens with one attached hydrogen (secondary N) is 1. The molecule has 2 aromatic rings. The minimum absolute atomic E-state index is 0.131. The number of rotatable bonds is 6. The van der Waals surface area contributed by atoms with E-state index in [1.54, 1.807) is 50.1 Å². The number of amides is 2. The molecule has 138 valence electrons. The quantitative estimate of drug-likeness (QED) is 0.694. The van der Waals surface area contributed by atoms with Crippen molar-refractivity contribution in [2.75, 3.05) is 20.1 Å². The van der Waals surface area contributed by atoms with Crippen LogP contribution < -0.4 is 5.32 Å². The summed E-state index contributed by atoms with van der Waals surface area (Å²) in [5.74, 6) is -0.0210. The van der Waals surface area contributed by atoms with Crippen LogP contribution in [0, 0.1) is 13.8 Å². The molecule has 0 atom stereocenters. The second-order valence-corrected chi connectivity index (χ2v) is 6.34. The number of carbonyl (C=O) groups is 2. The van der Waals surface area contributed by atoms with Gasteiger partial charge in [0.1, 0.15) is 11.5 Å². The molecule has 2 aromatic carbocycles. The van der Waals surface area contributed by atoms with E-state index in [9.17, 15) is 19.8 Å². The average Bonchev–Trinajstić information content (AvgIpc) is 2.62. The van der Waals surface area contributed by atoms with Crippen molar-refractivity contribution in [1.82, 2.24) is 10.2 Å². The molecule has 0 heterocycles. The maximum Gasteiger partial charge on any atom is 0.253 e. The van der Waals surface area contributed by atoms with Gasteiger partial charge in [-0.25, -0.2) is 0 Å². The molecule has 0 aliphatic rings. The predicted octanol–water partition coefficient (Wildman–Crippen LogP) is 2.61. The molecule has 0 fully saturated rings. The first-order valence-corrected chi connectivity index (χ1v) is 8.42. The topological polar surface area (TPSA) is 89.9 Å². The van der Waals surface area contributed by atoms with Crippen LogP contribution in [0.1, 0.15) is 38.3 Å². The third-order valence-electron chi connectivity index (χ3n) is 4.21. The maximum absolute atomic E-state index is 12.4. The van der Waals surface area contributed by atoms with Crippen LogP contribution in [0.3, 0.4) is 0 Å². The Morgan fingerprint density at radius 2 is 1.50 bits per heavy atom. The third-order valence-corrected chi connectivity index (χ3v) is 4.21. The molecule has 0 radical (unpaired) electrons. The second-order valence-electron chi connectivity index (χ2n) is 6.34. The highest BCUT2D eigenvalue weighted by molar-refractivity contribution is 5.95. The van der Waals surface area contributed by atoms with Crippen molar-refractivity contribution in [1.29, 1.82) is 0 Å². The highest BCUT2D eigenvalue weighted by Gasteiger charge is 2.13. The Morgan fingerprint density at radius 1 is 0.962 bits per heavy atom. The van der Waals surface area contributed by atoms with Gasteiger partial charge in [-0.1, -0.05) is 0 Å². The number of hydrogen-bond donors (Lipinski definition) is 3.